The second-order valence-electron chi connectivity index (χ2n) is 5.94. The van der Waals surface area contributed by atoms with E-state index in [2.05, 4.69) is 0 Å². The third-order valence-electron chi connectivity index (χ3n) is 3.91. The number of aliphatic carboxylic acids is 1. The number of hydrogen-bond donors (Lipinski definition) is 2. The van der Waals surface area contributed by atoms with Gasteiger partial charge in [0.1, 0.15) is 0 Å². The summed E-state index contributed by atoms with van der Waals surface area (Å²) >= 11 is 0. The van der Waals surface area contributed by atoms with Gasteiger partial charge in [0.05, 0.1) is 6.42 Å². The van der Waals surface area contributed by atoms with Crippen LogP contribution in [0.2, 0.25) is 0 Å². The molecule has 1 aromatic rings. The van der Waals surface area contributed by atoms with Crippen molar-refractivity contribution in [2.24, 2.45) is 5.73 Å². The molecule has 1 atom stereocenters. The fourth-order valence-corrected chi connectivity index (χ4v) is 2.30. The van der Waals surface area contributed by atoms with Crippen LogP contribution in [0.5, 0.6) is 0 Å². The number of nitrogens with two attached hydrogens (primary N) is 1. The highest BCUT2D eigenvalue weighted by Gasteiger charge is 2.42. The molecule has 1 rings (SSSR count). The fraction of sp³-hybridized carbons (Fsp3) is 0.533. The summed E-state index contributed by atoms with van der Waals surface area (Å²) in [6, 6.07) is 6.10. The van der Waals surface area contributed by atoms with E-state index in [1.165, 1.54) is 0 Å². The third-order valence-corrected chi connectivity index (χ3v) is 3.91. The van der Waals surface area contributed by atoms with E-state index in [1.54, 1.807) is 0 Å². The Morgan fingerprint density at radius 2 is 1.83 bits per heavy atom. The van der Waals surface area contributed by atoms with Gasteiger partial charge < -0.3 is 10.8 Å². The van der Waals surface area contributed by atoms with Gasteiger partial charge in [-0.2, -0.15) is 0 Å². The Bertz CT molecular complexity index is 460. The van der Waals surface area contributed by atoms with E-state index >= 15 is 0 Å². The Labute approximate surface area is 109 Å². The van der Waals surface area contributed by atoms with Crippen LogP contribution in [0.25, 0.3) is 0 Å². The minimum atomic E-state index is -0.822. The molecular weight excluding hydrogens is 226 g/mol. The molecule has 0 aliphatic rings. The average Bonchev–Trinajstić information content (AvgIpc) is 2.18. The highest BCUT2D eigenvalue weighted by atomic mass is 16.4. The molecule has 1 unspecified atom stereocenters. The molecule has 18 heavy (non-hydrogen) atoms. The predicted octanol–water partition coefficient (Wildman–Crippen LogP) is 2.77. The van der Waals surface area contributed by atoms with Gasteiger partial charge in [-0.25, -0.2) is 0 Å². The maximum Gasteiger partial charge on any atom is 0.304 e. The Kier molecular flexibility index (Phi) is 3.86. The van der Waals surface area contributed by atoms with Crippen LogP contribution in [-0.2, 0) is 10.2 Å². The van der Waals surface area contributed by atoms with Gasteiger partial charge in [-0.05, 0) is 38.8 Å². The molecule has 0 aromatic heterocycles. The lowest BCUT2D eigenvalue weighted by Gasteiger charge is -2.42. The summed E-state index contributed by atoms with van der Waals surface area (Å²) in [5, 5.41) is 9.18. The van der Waals surface area contributed by atoms with Gasteiger partial charge in [0.25, 0.3) is 0 Å². The second-order valence-corrected chi connectivity index (χ2v) is 5.94. The zero-order valence-corrected chi connectivity index (χ0v) is 11.9. The summed E-state index contributed by atoms with van der Waals surface area (Å²) in [7, 11) is 0. The van der Waals surface area contributed by atoms with E-state index in [-0.39, 0.29) is 6.42 Å². The minimum Gasteiger partial charge on any atom is -0.481 e. The zero-order valence-electron chi connectivity index (χ0n) is 11.9. The zero-order chi connectivity index (χ0) is 14.1. The van der Waals surface area contributed by atoms with Crippen molar-refractivity contribution < 1.29 is 9.90 Å². The summed E-state index contributed by atoms with van der Waals surface area (Å²) in [6.45, 7) is 9.71. The molecule has 3 heteroatoms. The highest BCUT2D eigenvalue weighted by molar-refractivity contribution is 5.69. The van der Waals surface area contributed by atoms with Crippen molar-refractivity contribution in [1.82, 2.24) is 0 Å². The Balaban J connectivity index is 3.43. The molecular formula is C15H23NO2. The fourth-order valence-electron chi connectivity index (χ4n) is 2.30. The quantitative estimate of drug-likeness (QED) is 0.862. The van der Waals surface area contributed by atoms with E-state index in [4.69, 9.17) is 5.73 Å². The summed E-state index contributed by atoms with van der Waals surface area (Å²) < 4.78 is 0. The molecule has 0 saturated carbocycles. The molecule has 1 aromatic carbocycles. The molecule has 0 fully saturated rings. The SMILES string of the molecule is Cc1ccc(C)c(C(C)(CC(=O)O)C(C)(C)N)c1. The largest absolute Gasteiger partial charge is 0.481 e. The molecule has 3 nitrogen and oxygen atoms in total. The average molecular weight is 249 g/mol. The van der Waals surface area contributed by atoms with Gasteiger partial charge in [0.15, 0.2) is 0 Å². The summed E-state index contributed by atoms with van der Waals surface area (Å²) in [5.41, 5.74) is 8.29. The van der Waals surface area contributed by atoms with Gasteiger partial charge in [0.2, 0.25) is 0 Å². The first kappa shape index (κ1) is 14.7. The number of rotatable bonds is 4. The number of aryl methyl sites for hydroxylation is 2. The lowest BCUT2D eigenvalue weighted by Crippen LogP contribution is -2.53. The Hall–Kier alpha value is -1.35. The van der Waals surface area contributed by atoms with Crippen molar-refractivity contribution in [2.45, 2.75) is 52.0 Å². The summed E-state index contributed by atoms with van der Waals surface area (Å²) in [4.78, 5) is 11.2. The summed E-state index contributed by atoms with van der Waals surface area (Å²) in [6.07, 6.45) is 0.0286. The number of carboxylic acid groups (broad SMARTS) is 1. The number of benzene rings is 1. The molecule has 0 aliphatic carbocycles. The van der Waals surface area contributed by atoms with Crippen LogP contribution in [-0.4, -0.2) is 16.6 Å². The topological polar surface area (TPSA) is 63.3 Å². The smallest absolute Gasteiger partial charge is 0.304 e. The normalized spacial score (nSPS) is 15.2. The molecule has 100 valence electrons. The molecule has 0 saturated heterocycles. The van der Waals surface area contributed by atoms with Crippen LogP contribution in [0, 0.1) is 13.8 Å². The monoisotopic (exact) mass is 249 g/mol. The lowest BCUT2D eigenvalue weighted by atomic mass is 9.65. The maximum absolute atomic E-state index is 11.2. The molecule has 0 heterocycles. The Morgan fingerprint density at radius 1 is 1.28 bits per heavy atom. The highest BCUT2D eigenvalue weighted by Crippen LogP contribution is 2.39. The van der Waals surface area contributed by atoms with Crippen LogP contribution in [0.4, 0.5) is 0 Å². The van der Waals surface area contributed by atoms with Gasteiger partial charge >= 0.3 is 5.97 Å². The van der Waals surface area contributed by atoms with Crippen molar-refractivity contribution in [1.29, 1.82) is 0 Å². The van der Waals surface area contributed by atoms with Crippen molar-refractivity contribution >= 4 is 5.97 Å². The molecule has 0 spiro atoms. The first-order chi connectivity index (χ1) is 8.08. The standard InChI is InChI=1S/C15H23NO2/c1-10-6-7-11(2)12(8-10)15(5,9-13(17)18)14(3,4)16/h6-8H,9,16H2,1-5H3,(H,17,18). The van der Waals surface area contributed by atoms with Crippen molar-refractivity contribution in [3.8, 4) is 0 Å². The number of carboxylic acids is 1. The Morgan fingerprint density at radius 3 is 2.28 bits per heavy atom. The number of hydrogen-bond acceptors (Lipinski definition) is 2. The van der Waals surface area contributed by atoms with Crippen LogP contribution in [0.1, 0.15) is 43.9 Å². The third kappa shape index (κ3) is 2.72. The van der Waals surface area contributed by atoms with Crippen LogP contribution < -0.4 is 5.73 Å². The molecule has 0 amide bonds. The van der Waals surface area contributed by atoms with E-state index in [9.17, 15) is 9.90 Å². The van der Waals surface area contributed by atoms with Gasteiger partial charge in [-0.15, -0.1) is 0 Å². The van der Waals surface area contributed by atoms with Crippen LogP contribution in [0.15, 0.2) is 18.2 Å². The summed E-state index contributed by atoms with van der Waals surface area (Å²) in [5.74, 6) is -0.822. The van der Waals surface area contributed by atoms with E-state index in [1.807, 2.05) is 52.8 Å². The van der Waals surface area contributed by atoms with Gasteiger partial charge in [0, 0.05) is 11.0 Å². The first-order valence-electron chi connectivity index (χ1n) is 6.16. The van der Waals surface area contributed by atoms with Crippen molar-refractivity contribution in [3.05, 3.63) is 34.9 Å². The molecule has 0 aliphatic heterocycles. The minimum absolute atomic E-state index is 0.0286. The van der Waals surface area contributed by atoms with Crippen LogP contribution >= 0.6 is 0 Å². The van der Waals surface area contributed by atoms with Crippen molar-refractivity contribution in [3.63, 3.8) is 0 Å². The molecule has 0 radical (unpaired) electrons. The number of carbonyl (C=O) groups is 1. The lowest BCUT2D eigenvalue weighted by molar-refractivity contribution is -0.139. The second kappa shape index (κ2) is 4.73. The van der Waals surface area contributed by atoms with E-state index in [0.717, 1.165) is 16.7 Å². The van der Waals surface area contributed by atoms with E-state index < -0.39 is 16.9 Å². The van der Waals surface area contributed by atoms with Crippen LogP contribution in [0.3, 0.4) is 0 Å². The first-order valence-corrected chi connectivity index (χ1v) is 6.16. The predicted molar refractivity (Wildman–Crippen MR) is 73.8 cm³/mol. The van der Waals surface area contributed by atoms with E-state index in [0.29, 0.717) is 0 Å². The molecule has 3 N–H and O–H groups in total. The molecule has 0 bridgehead atoms. The van der Waals surface area contributed by atoms with Crippen molar-refractivity contribution in [2.75, 3.05) is 0 Å². The van der Waals surface area contributed by atoms with Gasteiger partial charge in [-0.3, -0.25) is 4.79 Å². The maximum atomic E-state index is 11.2. The van der Waals surface area contributed by atoms with Gasteiger partial charge in [-0.1, -0.05) is 30.7 Å².